The minimum Gasteiger partial charge on any atom is -0.335 e. The van der Waals surface area contributed by atoms with Gasteiger partial charge in [0.05, 0.1) is 0 Å². The van der Waals surface area contributed by atoms with E-state index in [0.717, 1.165) is 62.3 Å². The van der Waals surface area contributed by atoms with Gasteiger partial charge in [-0.3, -0.25) is 0 Å². The summed E-state index contributed by atoms with van der Waals surface area (Å²) in [5.41, 5.74) is 2.53. The number of benzene rings is 1. The van der Waals surface area contributed by atoms with Gasteiger partial charge in [0.1, 0.15) is 0 Å². The summed E-state index contributed by atoms with van der Waals surface area (Å²) >= 11 is 6.13. The van der Waals surface area contributed by atoms with Gasteiger partial charge in [0, 0.05) is 46.6 Å². The van der Waals surface area contributed by atoms with E-state index >= 15 is 0 Å². The zero-order chi connectivity index (χ0) is 21.2. The van der Waals surface area contributed by atoms with E-state index in [2.05, 4.69) is 52.5 Å². The molecule has 1 aromatic heterocycles. The monoisotopic (exact) mass is 435 g/mol. The molecule has 1 aliphatic heterocycles. The van der Waals surface area contributed by atoms with E-state index in [4.69, 9.17) is 11.6 Å². The topological polar surface area (TPSA) is 37.3 Å². The van der Waals surface area contributed by atoms with Gasteiger partial charge in [-0.25, -0.2) is 4.79 Å². The Balaban J connectivity index is 1.42. The number of nitrogens with one attached hydrogen (secondary N) is 1. The Morgan fingerprint density at radius 3 is 2.52 bits per heavy atom. The predicted molar refractivity (Wildman–Crippen MR) is 127 cm³/mol. The first-order chi connectivity index (χ1) is 15.2. The lowest BCUT2D eigenvalue weighted by atomic mass is 9.89. The molecule has 3 aliphatic rings. The van der Waals surface area contributed by atoms with E-state index in [1.54, 1.807) is 0 Å². The molecule has 2 aliphatic carbocycles. The molecule has 2 heterocycles. The van der Waals surface area contributed by atoms with Gasteiger partial charge in [-0.05, 0) is 80.7 Å². The number of allylic oxidation sites excluding steroid dienone is 2. The fourth-order valence-corrected chi connectivity index (χ4v) is 5.00. The Morgan fingerprint density at radius 1 is 1.03 bits per heavy atom. The van der Waals surface area contributed by atoms with Crippen molar-refractivity contribution in [3.8, 4) is 5.69 Å². The van der Waals surface area contributed by atoms with E-state index in [1.165, 1.54) is 22.6 Å². The SMILES string of the molecule is O=C(NC1CCC1)N1CCC(c2cn(-c3ccc(Cl)cc3)c3c2=CC=CCCC=3)CC1. The summed E-state index contributed by atoms with van der Waals surface area (Å²) in [4.78, 5) is 14.6. The van der Waals surface area contributed by atoms with Crippen molar-refractivity contribution in [2.45, 2.75) is 56.9 Å². The largest absolute Gasteiger partial charge is 0.335 e. The number of urea groups is 1. The summed E-state index contributed by atoms with van der Waals surface area (Å²) in [7, 11) is 0. The number of nitrogens with zero attached hydrogens (tertiary/aromatic N) is 2. The lowest BCUT2D eigenvalue weighted by Gasteiger charge is -2.35. The van der Waals surface area contributed by atoms with Crippen molar-refractivity contribution < 1.29 is 4.79 Å². The molecule has 0 bridgehead atoms. The van der Waals surface area contributed by atoms with Crippen LogP contribution in [0, 0.1) is 0 Å². The number of hydrogen-bond acceptors (Lipinski definition) is 1. The van der Waals surface area contributed by atoms with E-state index < -0.39 is 0 Å². The van der Waals surface area contributed by atoms with Gasteiger partial charge in [0.2, 0.25) is 0 Å². The number of carbonyl (C=O) groups excluding carboxylic acids is 1. The number of halogens is 1. The van der Waals surface area contributed by atoms with Gasteiger partial charge in [-0.1, -0.05) is 35.9 Å². The van der Waals surface area contributed by atoms with Crippen LogP contribution in [-0.2, 0) is 0 Å². The molecule has 1 saturated heterocycles. The number of fused-ring (bicyclic) bond motifs is 1. The molecule has 2 aromatic rings. The number of likely N-dealkylation sites (tertiary alicyclic amines) is 1. The van der Waals surface area contributed by atoms with E-state index in [0.29, 0.717) is 12.0 Å². The first-order valence-corrected chi connectivity index (χ1v) is 12.0. The minimum atomic E-state index is 0.125. The molecule has 31 heavy (non-hydrogen) atoms. The van der Waals surface area contributed by atoms with Crippen molar-refractivity contribution in [3.63, 3.8) is 0 Å². The summed E-state index contributed by atoms with van der Waals surface area (Å²) < 4.78 is 2.31. The summed E-state index contributed by atoms with van der Waals surface area (Å²) in [6.07, 6.45) is 19.0. The highest BCUT2D eigenvalue weighted by Gasteiger charge is 2.28. The van der Waals surface area contributed by atoms with Crippen LogP contribution in [0.1, 0.15) is 56.4 Å². The number of amides is 2. The van der Waals surface area contributed by atoms with Crippen LogP contribution in [0.4, 0.5) is 4.79 Å². The Bertz CT molecular complexity index is 1090. The van der Waals surface area contributed by atoms with Crippen LogP contribution in [0.2, 0.25) is 5.02 Å². The molecule has 1 saturated carbocycles. The highest BCUT2D eigenvalue weighted by molar-refractivity contribution is 6.30. The van der Waals surface area contributed by atoms with Crippen molar-refractivity contribution in [2.24, 2.45) is 0 Å². The molecule has 0 spiro atoms. The third-order valence-electron chi connectivity index (χ3n) is 6.94. The van der Waals surface area contributed by atoms with Crippen LogP contribution >= 0.6 is 11.6 Å². The maximum Gasteiger partial charge on any atom is 0.317 e. The maximum absolute atomic E-state index is 12.6. The first-order valence-electron chi connectivity index (χ1n) is 11.6. The molecule has 5 rings (SSSR count). The van der Waals surface area contributed by atoms with Crippen LogP contribution in [0.15, 0.2) is 42.6 Å². The number of aromatic nitrogens is 1. The van der Waals surface area contributed by atoms with Gasteiger partial charge in [0.15, 0.2) is 0 Å². The van der Waals surface area contributed by atoms with Crippen LogP contribution in [-0.4, -0.2) is 34.6 Å². The first kappa shape index (κ1) is 20.4. The Labute approximate surface area is 188 Å². The molecule has 2 amide bonds. The number of piperidine rings is 1. The molecule has 5 heteroatoms. The fraction of sp³-hybridized carbons (Fsp3) is 0.423. The Hall–Kier alpha value is -2.46. The van der Waals surface area contributed by atoms with Crippen molar-refractivity contribution >= 4 is 29.8 Å². The molecule has 4 nitrogen and oxygen atoms in total. The van der Waals surface area contributed by atoms with Crippen LogP contribution in [0.25, 0.3) is 17.8 Å². The number of carbonyl (C=O) groups is 1. The summed E-state index contributed by atoms with van der Waals surface area (Å²) in [6, 6.07) is 8.60. The number of rotatable bonds is 3. The molecule has 1 aromatic carbocycles. The lowest BCUT2D eigenvalue weighted by Crippen LogP contribution is -2.49. The van der Waals surface area contributed by atoms with Crippen molar-refractivity contribution in [1.82, 2.24) is 14.8 Å². The van der Waals surface area contributed by atoms with Crippen molar-refractivity contribution in [2.75, 3.05) is 13.1 Å². The van der Waals surface area contributed by atoms with Crippen LogP contribution in [0.5, 0.6) is 0 Å². The third kappa shape index (κ3) is 4.31. The standard InChI is InChI=1S/C26H30ClN3O/c27-20-10-12-22(13-11-20)30-18-24(23-8-3-1-2-4-9-25(23)30)19-14-16-29(17-15-19)26(31)28-21-6-5-7-21/h1,3,8-13,18-19,21H,2,4-7,14-17H2,(H,28,31). The smallest absolute Gasteiger partial charge is 0.317 e. The van der Waals surface area contributed by atoms with Crippen molar-refractivity contribution in [3.05, 3.63) is 63.8 Å². The highest BCUT2D eigenvalue weighted by atomic mass is 35.5. The molecule has 162 valence electrons. The van der Waals surface area contributed by atoms with Gasteiger partial charge >= 0.3 is 6.03 Å². The number of hydrogen-bond donors (Lipinski definition) is 1. The molecule has 0 radical (unpaired) electrons. The van der Waals surface area contributed by atoms with E-state index in [-0.39, 0.29) is 6.03 Å². The average Bonchev–Trinajstić information content (AvgIpc) is 3.08. The zero-order valence-electron chi connectivity index (χ0n) is 17.9. The Kier molecular flexibility index (Phi) is 5.91. The minimum absolute atomic E-state index is 0.125. The van der Waals surface area contributed by atoms with Gasteiger partial charge in [-0.2, -0.15) is 0 Å². The molecular formula is C26H30ClN3O. The lowest BCUT2D eigenvalue weighted by molar-refractivity contribution is 0.171. The molecule has 1 N–H and O–H groups in total. The summed E-state index contributed by atoms with van der Waals surface area (Å²) in [5, 5.41) is 6.54. The summed E-state index contributed by atoms with van der Waals surface area (Å²) in [6.45, 7) is 1.65. The molecule has 2 fully saturated rings. The Morgan fingerprint density at radius 2 is 1.81 bits per heavy atom. The van der Waals surface area contributed by atoms with E-state index in [1.807, 2.05) is 17.0 Å². The second kappa shape index (κ2) is 8.96. The average molecular weight is 436 g/mol. The summed E-state index contributed by atoms with van der Waals surface area (Å²) in [5.74, 6) is 0.465. The normalized spacial score (nSPS) is 19.5. The maximum atomic E-state index is 12.6. The van der Waals surface area contributed by atoms with Crippen molar-refractivity contribution in [1.29, 1.82) is 0 Å². The second-order valence-electron chi connectivity index (χ2n) is 8.94. The second-order valence-corrected chi connectivity index (χ2v) is 9.38. The van der Waals surface area contributed by atoms with Crippen LogP contribution in [0.3, 0.4) is 0 Å². The molecular weight excluding hydrogens is 406 g/mol. The van der Waals surface area contributed by atoms with Gasteiger partial charge in [-0.15, -0.1) is 0 Å². The molecule has 0 unspecified atom stereocenters. The van der Waals surface area contributed by atoms with Crippen LogP contribution < -0.4 is 15.9 Å². The fourth-order valence-electron chi connectivity index (χ4n) is 4.88. The van der Waals surface area contributed by atoms with Gasteiger partial charge in [0.25, 0.3) is 0 Å². The van der Waals surface area contributed by atoms with Gasteiger partial charge < -0.3 is 14.8 Å². The van der Waals surface area contributed by atoms with E-state index in [9.17, 15) is 4.79 Å². The zero-order valence-corrected chi connectivity index (χ0v) is 18.7. The predicted octanol–water partition coefficient (Wildman–Crippen LogP) is 4.48. The molecule has 0 atom stereocenters. The highest BCUT2D eigenvalue weighted by Crippen LogP contribution is 2.27. The third-order valence-corrected chi connectivity index (χ3v) is 7.20. The quantitative estimate of drug-likeness (QED) is 0.758.